The number of nitrogens with zero attached hydrogens (tertiary/aromatic N) is 2. The molecule has 12 heavy (non-hydrogen) atoms. The lowest BCUT2D eigenvalue weighted by atomic mass is 11.0. The number of nitrogens with two attached hydrogens (primary N) is 2. The Bertz CT molecular complexity index is 151. The average Bonchev–Trinajstić information content (AvgIpc) is 2.87. The number of hydrogen-bond donors (Lipinski definition) is 4. The summed E-state index contributed by atoms with van der Waals surface area (Å²) in [5, 5.41) is 0. The third-order valence-electron chi connectivity index (χ3n) is 0.812. The molecule has 0 saturated heterocycles. The van der Waals surface area contributed by atoms with E-state index in [2.05, 4.69) is 31.6 Å². The first-order chi connectivity index (χ1) is 6.00. The van der Waals surface area contributed by atoms with Gasteiger partial charge < -0.3 is 9.97 Å². The van der Waals surface area contributed by atoms with E-state index in [1.54, 1.807) is 37.4 Å². The van der Waals surface area contributed by atoms with Crippen molar-refractivity contribution in [2.24, 2.45) is 11.7 Å². The van der Waals surface area contributed by atoms with E-state index in [0.717, 1.165) is 0 Å². The lowest BCUT2D eigenvalue weighted by Gasteiger charge is -1.46. The maximum atomic E-state index is 4.00. The molecule has 6 nitrogen and oxygen atoms in total. The minimum atomic E-state index is 1.62. The molecule has 0 unspecified atom stereocenters. The number of hydrazine groups is 1. The molecule has 2 heterocycles. The normalized spacial score (nSPS) is 7.17. The van der Waals surface area contributed by atoms with E-state index in [-0.39, 0.29) is 0 Å². The van der Waals surface area contributed by atoms with Gasteiger partial charge in [0.05, 0.1) is 12.7 Å². The van der Waals surface area contributed by atoms with Crippen molar-refractivity contribution in [3.8, 4) is 0 Å². The van der Waals surface area contributed by atoms with Gasteiger partial charge in [0, 0.05) is 24.8 Å². The van der Waals surface area contributed by atoms with Crippen molar-refractivity contribution in [2.45, 2.75) is 0 Å². The van der Waals surface area contributed by atoms with E-state index in [9.17, 15) is 0 Å². The van der Waals surface area contributed by atoms with Gasteiger partial charge in [-0.05, 0) is 0 Å². The molecule has 0 saturated carbocycles. The van der Waals surface area contributed by atoms with Crippen molar-refractivity contribution in [3.63, 3.8) is 0 Å². The molecule has 2 aromatic heterocycles. The fraction of sp³-hybridized carbons (Fsp3) is 0. The Kier molecular flexibility index (Phi) is 8.05. The number of H-pyrrole nitrogens is 2. The lowest BCUT2D eigenvalue weighted by Crippen LogP contribution is -2.02. The standard InChI is InChI=1S/2C3H4N2.H4N2/c2*1-2-5-3-4-1;1-2/h2*1-3H,(H,4,5);1-2H2. The summed E-state index contributed by atoms with van der Waals surface area (Å²) < 4.78 is 0. The molecule has 0 fully saturated rings. The number of aromatic amines is 2. The monoisotopic (exact) mass is 168 g/mol. The van der Waals surface area contributed by atoms with Crippen molar-refractivity contribution in [1.82, 2.24) is 19.9 Å². The van der Waals surface area contributed by atoms with Gasteiger partial charge in [-0.15, -0.1) is 0 Å². The summed E-state index contributed by atoms with van der Waals surface area (Å²) in [6.45, 7) is 0. The Labute approximate surface area is 70.0 Å². The minimum Gasteiger partial charge on any atom is -0.351 e. The zero-order valence-electron chi connectivity index (χ0n) is 6.51. The third-order valence-corrected chi connectivity index (χ3v) is 0.812. The maximum Gasteiger partial charge on any atom is 0.0919 e. The van der Waals surface area contributed by atoms with Gasteiger partial charge in [-0.2, -0.15) is 0 Å². The average molecular weight is 168 g/mol. The van der Waals surface area contributed by atoms with E-state index in [1.807, 2.05) is 0 Å². The summed E-state index contributed by atoms with van der Waals surface area (Å²) in [4.78, 5) is 12.8. The molecule has 6 N–H and O–H groups in total. The van der Waals surface area contributed by atoms with Gasteiger partial charge in [0.15, 0.2) is 0 Å². The second kappa shape index (κ2) is 9.34. The van der Waals surface area contributed by atoms with E-state index < -0.39 is 0 Å². The number of imidazole rings is 2. The third kappa shape index (κ3) is 6.46. The molecule has 0 aliphatic rings. The number of aromatic nitrogens is 4. The summed E-state index contributed by atoms with van der Waals surface area (Å²) in [6.07, 6.45) is 10.2. The molecule has 0 aliphatic carbocycles. The van der Waals surface area contributed by atoms with Crippen molar-refractivity contribution < 1.29 is 0 Å². The molecule has 66 valence electrons. The van der Waals surface area contributed by atoms with Crippen molar-refractivity contribution in [2.75, 3.05) is 0 Å². The SMILES string of the molecule is NN.c1c[nH]cn1.c1c[nH]cn1. The lowest BCUT2D eigenvalue weighted by molar-refractivity contribution is 1.26. The highest BCUT2D eigenvalue weighted by molar-refractivity contribution is 4.65. The summed E-state index contributed by atoms with van der Waals surface area (Å²) in [5.74, 6) is 8.00. The predicted molar refractivity (Wildman–Crippen MR) is 45.6 cm³/mol. The van der Waals surface area contributed by atoms with E-state index in [4.69, 9.17) is 0 Å². The molecule has 2 aromatic rings. The van der Waals surface area contributed by atoms with Crippen LogP contribution < -0.4 is 11.7 Å². The highest BCUT2D eigenvalue weighted by Crippen LogP contribution is 1.63. The molecular formula is C6H12N6. The van der Waals surface area contributed by atoms with Gasteiger partial charge in [-0.3, -0.25) is 11.7 Å². The van der Waals surface area contributed by atoms with Crippen LogP contribution in [0.1, 0.15) is 0 Å². The van der Waals surface area contributed by atoms with Crippen LogP contribution in [-0.2, 0) is 0 Å². The van der Waals surface area contributed by atoms with Crippen LogP contribution in [0.15, 0.2) is 37.4 Å². The Morgan fingerprint density at radius 1 is 0.833 bits per heavy atom. The highest BCUT2D eigenvalue weighted by Gasteiger charge is 1.56. The fourth-order valence-corrected chi connectivity index (χ4v) is 0.430. The second-order valence-corrected chi connectivity index (χ2v) is 1.52. The highest BCUT2D eigenvalue weighted by atomic mass is 15.0. The van der Waals surface area contributed by atoms with Crippen LogP contribution in [0.4, 0.5) is 0 Å². The van der Waals surface area contributed by atoms with Gasteiger partial charge in [0.1, 0.15) is 0 Å². The fourth-order valence-electron chi connectivity index (χ4n) is 0.430. The first-order valence-electron chi connectivity index (χ1n) is 3.19. The zero-order valence-corrected chi connectivity index (χ0v) is 6.51. The van der Waals surface area contributed by atoms with E-state index in [1.165, 1.54) is 0 Å². The molecule has 0 radical (unpaired) electrons. The molecule has 6 heteroatoms. The summed E-state index contributed by atoms with van der Waals surface area (Å²) in [5.41, 5.74) is 0. The quantitative estimate of drug-likeness (QED) is 0.318. The van der Waals surface area contributed by atoms with Crippen LogP contribution in [0.2, 0.25) is 0 Å². The Balaban J connectivity index is 0.000000168. The molecule has 0 amide bonds. The number of nitrogens with one attached hydrogen (secondary N) is 2. The molecule has 0 aliphatic heterocycles. The van der Waals surface area contributed by atoms with Crippen LogP contribution in [0.3, 0.4) is 0 Å². The zero-order chi connectivity index (χ0) is 9.07. The largest absolute Gasteiger partial charge is 0.351 e. The first kappa shape index (κ1) is 10.3. The predicted octanol–water partition coefficient (Wildman–Crippen LogP) is -0.362. The summed E-state index contributed by atoms with van der Waals surface area (Å²) in [7, 11) is 0. The van der Waals surface area contributed by atoms with Gasteiger partial charge in [-0.25, -0.2) is 9.97 Å². The van der Waals surface area contributed by atoms with Crippen LogP contribution >= 0.6 is 0 Å². The number of rotatable bonds is 0. The van der Waals surface area contributed by atoms with Gasteiger partial charge in [0.2, 0.25) is 0 Å². The molecule has 2 rings (SSSR count). The van der Waals surface area contributed by atoms with Crippen LogP contribution in [0.5, 0.6) is 0 Å². The minimum absolute atomic E-state index is 1.62. The maximum absolute atomic E-state index is 4.00. The second-order valence-electron chi connectivity index (χ2n) is 1.52. The summed E-state index contributed by atoms with van der Waals surface area (Å²) >= 11 is 0. The molecular weight excluding hydrogens is 156 g/mol. The Hall–Kier alpha value is -1.66. The number of hydrogen-bond acceptors (Lipinski definition) is 4. The van der Waals surface area contributed by atoms with Crippen molar-refractivity contribution in [1.29, 1.82) is 0 Å². The van der Waals surface area contributed by atoms with Crippen molar-refractivity contribution in [3.05, 3.63) is 37.4 Å². The Morgan fingerprint density at radius 2 is 1.25 bits per heavy atom. The first-order valence-corrected chi connectivity index (χ1v) is 3.19. The molecule has 0 bridgehead atoms. The van der Waals surface area contributed by atoms with Crippen LogP contribution in [0.25, 0.3) is 0 Å². The van der Waals surface area contributed by atoms with Gasteiger partial charge >= 0.3 is 0 Å². The molecule has 0 atom stereocenters. The van der Waals surface area contributed by atoms with E-state index in [0.29, 0.717) is 0 Å². The molecule has 0 spiro atoms. The topological polar surface area (TPSA) is 109 Å². The van der Waals surface area contributed by atoms with E-state index >= 15 is 0 Å². The smallest absolute Gasteiger partial charge is 0.0919 e. The van der Waals surface area contributed by atoms with Crippen LogP contribution in [-0.4, -0.2) is 19.9 Å². The Morgan fingerprint density at radius 3 is 1.33 bits per heavy atom. The van der Waals surface area contributed by atoms with Crippen molar-refractivity contribution >= 4 is 0 Å². The van der Waals surface area contributed by atoms with Crippen LogP contribution in [0, 0.1) is 0 Å². The molecule has 0 aromatic carbocycles. The van der Waals surface area contributed by atoms with Gasteiger partial charge in [0.25, 0.3) is 0 Å². The van der Waals surface area contributed by atoms with Gasteiger partial charge in [-0.1, -0.05) is 0 Å². The summed E-state index contributed by atoms with van der Waals surface area (Å²) in [6, 6.07) is 0.